The van der Waals surface area contributed by atoms with Gasteiger partial charge in [-0.2, -0.15) is 5.26 Å². The fourth-order valence-corrected chi connectivity index (χ4v) is 5.70. The van der Waals surface area contributed by atoms with Crippen molar-refractivity contribution < 1.29 is 0 Å². The Labute approximate surface area is 212 Å². The van der Waals surface area contributed by atoms with Crippen molar-refractivity contribution in [2.45, 2.75) is 33.2 Å². The third kappa shape index (κ3) is 3.79. The lowest BCUT2D eigenvalue weighted by Gasteiger charge is -2.37. The first-order valence-electron chi connectivity index (χ1n) is 13.0. The van der Waals surface area contributed by atoms with Gasteiger partial charge in [-0.05, 0) is 59.0 Å². The number of anilines is 1. The van der Waals surface area contributed by atoms with Gasteiger partial charge in [0.05, 0.1) is 16.6 Å². The highest BCUT2D eigenvalue weighted by atomic mass is 15.3. The van der Waals surface area contributed by atoms with Crippen molar-refractivity contribution in [3.63, 3.8) is 0 Å². The van der Waals surface area contributed by atoms with Gasteiger partial charge in [0.2, 0.25) is 0 Å². The number of piperazine rings is 1. The third-order valence-electron chi connectivity index (χ3n) is 7.62. The number of nitrogens with zero attached hydrogens (tertiary/aromatic N) is 5. The lowest BCUT2D eigenvalue weighted by atomic mass is 9.99. The Morgan fingerprint density at radius 1 is 0.944 bits per heavy atom. The lowest BCUT2D eigenvalue weighted by Crippen LogP contribution is -2.46. The Kier molecular flexibility index (Phi) is 5.83. The van der Waals surface area contributed by atoms with Crippen LogP contribution in [0.2, 0.25) is 0 Å². The second-order valence-electron chi connectivity index (χ2n) is 9.87. The van der Waals surface area contributed by atoms with Gasteiger partial charge in [-0.25, -0.2) is 4.98 Å². The van der Waals surface area contributed by atoms with E-state index in [1.807, 2.05) is 12.1 Å². The number of rotatable bonds is 5. The van der Waals surface area contributed by atoms with Gasteiger partial charge in [0.15, 0.2) is 5.65 Å². The van der Waals surface area contributed by atoms with E-state index in [4.69, 9.17) is 4.98 Å². The Hall–Kier alpha value is -3.88. The molecule has 180 valence electrons. The molecule has 5 nitrogen and oxygen atoms in total. The summed E-state index contributed by atoms with van der Waals surface area (Å²) < 4.78 is 2.21. The summed E-state index contributed by atoms with van der Waals surface area (Å²) in [6, 6.07) is 26.1. The van der Waals surface area contributed by atoms with Crippen molar-refractivity contribution in [3.05, 3.63) is 89.0 Å². The number of fused-ring (bicyclic) bond motifs is 4. The fourth-order valence-electron chi connectivity index (χ4n) is 5.70. The predicted octanol–water partition coefficient (Wildman–Crippen LogP) is 6.10. The second kappa shape index (κ2) is 9.29. The molecule has 1 fully saturated rings. The molecular formula is C31H31N5. The summed E-state index contributed by atoms with van der Waals surface area (Å²) in [5, 5.41) is 12.7. The molecule has 0 N–H and O–H groups in total. The summed E-state index contributed by atoms with van der Waals surface area (Å²) in [5.74, 6) is 1.15. The molecule has 0 unspecified atom stereocenters. The van der Waals surface area contributed by atoms with Crippen molar-refractivity contribution in [2.75, 3.05) is 31.1 Å². The Morgan fingerprint density at radius 3 is 2.53 bits per heavy atom. The minimum atomic E-state index is 0.710. The molecule has 0 atom stereocenters. The maximum Gasteiger partial charge on any atom is 0.157 e. The van der Waals surface area contributed by atoms with Gasteiger partial charge in [0.25, 0.3) is 0 Å². The van der Waals surface area contributed by atoms with Crippen LogP contribution in [0.25, 0.3) is 27.5 Å². The van der Waals surface area contributed by atoms with Crippen LogP contribution in [0, 0.1) is 18.3 Å². The van der Waals surface area contributed by atoms with Crippen LogP contribution in [0.1, 0.15) is 35.6 Å². The minimum Gasteiger partial charge on any atom is -0.355 e. The molecule has 1 aliphatic rings. The first-order chi connectivity index (χ1) is 17.7. The molecule has 0 aliphatic carbocycles. The summed E-state index contributed by atoms with van der Waals surface area (Å²) in [6.07, 6.45) is 1.89. The molecule has 5 heteroatoms. The number of aromatic nitrogens is 2. The van der Waals surface area contributed by atoms with Gasteiger partial charge in [0, 0.05) is 32.7 Å². The normalized spacial score (nSPS) is 14.6. The van der Waals surface area contributed by atoms with E-state index in [0.717, 1.165) is 73.6 Å². The van der Waals surface area contributed by atoms with E-state index in [-0.39, 0.29) is 0 Å². The Balaban J connectivity index is 1.33. The van der Waals surface area contributed by atoms with Gasteiger partial charge in [-0.3, -0.25) is 9.30 Å². The number of benzene rings is 3. The van der Waals surface area contributed by atoms with E-state index in [9.17, 15) is 5.26 Å². The first-order valence-corrected chi connectivity index (χ1v) is 13.0. The highest BCUT2D eigenvalue weighted by Gasteiger charge is 2.24. The molecule has 0 bridgehead atoms. The highest BCUT2D eigenvalue weighted by molar-refractivity contribution is 5.87. The lowest BCUT2D eigenvalue weighted by molar-refractivity contribution is 0.249. The van der Waals surface area contributed by atoms with Crippen LogP contribution in [0.5, 0.6) is 0 Å². The standard InChI is InChI=1S/C31H31N5/c1-3-8-24-19-30(36-29-12-7-6-11-28(29)33-31(36)26(24)20-32)35-17-15-34(16-18-35)21-27-22(2)13-14-23-9-4-5-10-25(23)27/h4-7,9-14,19H,3,8,15-18,21H2,1-2H3. The monoisotopic (exact) mass is 473 g/mol. The zero-order chi connectivity index (χ0) is 24.6. The summed E-state index contributed by atoms with van der Waals surface area (Å²) in [7, 11) is 0. The highest BCUT2D eigenvalue weighted by Crippen LogP contribution is 2.31. The molecule has 5 aromatic rings. The van der Waals surface area contributed by atoms with Crippen LogP contribution in [-0.4, -0.2) is 40.5 Å². The summed E-state index contributed by atoms with van der Waals surface area (Å²) >= 11 is 0. The number of aryl methyl sites for hydroxylation is 2. The van der Waals surface area contributed by atoms with Crippen molar-refractivity contribution in [3.8, 4) is 6.07 Å². The van der Waals surface area contributed by atoms with E-state index in [2.05, 4.69) is 88.7 Å². The van der Waals surface area contributed by atoms with Crippen molar-refractivity contribution in [2.24, 2.45) is 0 Å². The number of imidazole rings is 1. The van der Waals surface area contributed by atoms with Crippen molar-refractivity contribution in [1.82, 2.24) is 14.3 Å². The number of hydrogen-bond acceptors (Lipinski definition) is 4. The maximum absolute atomic E-state index is 10.0. The molecule has 0 spiro atoms. The Bertz CT molecular complexity index is 1620. The topological polar surface area (TPSA) is 47.6 Å². The molecule has 36 heavy (non-hydrogen) atoms. The van der Waals surface area contributed by atoms with Crippen LogP contribution < -0.4 is 4.90 Å². The predicted molar refractivity (Wildman–Crippen MR) is 148 cm³/mol. The van der Waals surface area contributed by atoms with Crippen molar-refractivity contribution in [1.29, 1.82) is 5.26 Å². The van der Waals surface area contributed by atoms with Gasteiger partial charge in [0.1, 0.15) is 11.9 Å². The third-order valence-corrected chi connectivity index (χ3v) is 7.62. The van der Waals surface area contributed by atoms with Crippen LogP contribution in [0.15, 0.2) is 66.7 Å². The first kappa shape index (κ1) is 22.6. The van der Waals surface area contributed by atoms with Gasteiger partial charge < -0.3 is 4.90 Å². The number of nitriles is 1. The zero-order valence-corrected chi connectivity index (χ0v) is 21.0. The number of hydrogen-bond donors (Lipinski definition) is 0. The van der Waals surface area contributed by atoms with E-state index in [1.54, 1.807) is 0 Å². The largest absolute Gasteiger partial charge is 0.355 e. The van der Waals surface area contributed by atoms with Gasteiger partial charge in [-0.1, -0.05) is 61.9 Å². The van der Waals surface area contributed by atoms with Crippen LogP contribution in [-0.2, 0) is 13.0 Å². The second-order valence-corrected chi connectivity index (χ2v) is 9.87. The Morgan fingerprint density at radius 2 is 1.72 bits per heavy atom. The average Bonchev–Trinajstić information content (AvgIpc) is 3.30. The van der Waals surface area contributed by atoms with Crippen LogP contribution in [0.4, 0.5) is 5.82 Å². The van der Waals surface area contributed by atoms with Gasteiger partial charge in [-0.15, -0.1) is 0 Å². The van der Waals surface area contributed by atoms with Gasteiger partial charge >= 0.3 is 0 Å². The average molecular weight is 474 g/mol. The molecule has 0 saturated carbocycles. The van der Waals surface area contributed by atoms with Crippen LogP contribution in [0.3, 0.4) is 0 Å². The summed E-state index contributed by atoms with van der Waals surface area (Å²) in [6.45, 7) is 9.26. The van der Waals surface area contributed by atoms with E-state index < -0.39 is 0 Å². The molecule has 0 amide bonds. The summed E-state index contributed by atoms with van der Waals surface area (Å²) in [5.41, 5.74) is 7.40. The molecule has 3 heterocycles. The quantitative estimate of drug-likeness (QED) is 0.310. The molecule has 1 aliphatic heterocycles. The van der Waals surface area contributed by atoms with E-state index in [1.165, 1.54) is 21.9 Å². The maximum atomic E-state index is 10.0. The van der Waals surface area contributed by atoms with Crippen molar-refractivity contribution >= 4 is 33.3 Å². The molecule has 2 aromatic heterocycles. The molecule has 1 saturated heterocycles. The van der Waals surface area contributed by atoms with E-state index >= 15 is 0 Å². The zero-order valence-electron chi connectivity index (χ0n) is 21.0. The van der Waals surface area contributed by atoms with Crippen LogP contribution >= 0.6 is 0 Å². The molecule has 6 rings (SSSR count). The SMILES string of the molecule is CCCc1cc(N2CCN(Cc3c(C)ccc4ccccc34)CC2)n2c(nc3ccccc32)c1C#N. The fraction of sp³-hybridized carbons (Fsp3) is 0.290. The molecule has 3 aromatic carbocycles. The molecular weight excluding hydrogens is 442 g/mol. The van der Waals surface area contributed by atoms with E-state index in [0.29, 0.717) is 5.56 Å². The smallest absolute Gasteiger partial charge is 0.157 e. The summed E-state index contributed by atoms with van der Waals surface area (Å²) in [4.78, 5) is 9.95. The number of para-hydroxylation sites is 2. The minimum absolute atomic E-state index is 0.710. The molecule has 0 radical (unpaired) electrons. The number of pyridine rings is 1.